The second kappa shape index (κ2) is 9.80. The summed E-state index contributed by atoms with van der Waals surface area (Å²) < 4.78 is 5.98. The molecule has 0 fully saturated rings. The molecule has 0 aliphatic carbocycles. The van der Waals surface area contributed by atoms with Crippen LogP contribution in [0.4, 0.5) is 0 Å². The molecular weight excluding hydrogens is 260 g/mol. The van der Waals surface area contributed by atoms with Gasteiger partial charge >= 0.3 is 0 Å². The molecule has 0 radical (unpaired) electrons. The molecule has 1 unspecified atom stereocenters. The van der Waals surface area contributed by atoms with Gasteiger partial charge in [-0.3, -0.25) is 0 Å². The Labute approximate surface area is 130 Å². The van der Waals surface area contributed by atoms with E-state index in [9.17, 15) is 0 Å². The Bertz CT molecular complexity index is 393. The Kier molecular flexibility index (Phi) is 8.40. The van der Waals surface area contributed by atoms with Crippen molar-refractivity contribution in [2.24, 2.45) is 5.92 Å². The number of nitrogens with zero attached hydrogens (tertiary/aromatic N) is 1. The van der Waals surface area contributed by atoms with E-state index in [1.165, 1.54) is 12.0 Å². The Morgan fingerprint density at radius 2 is 1.90 bits per heavy atom. The van der Waals surface area contributed by atoms with Gasteiger partial charge in [-0.15, -0.1) is 0 Å². The monoisotopic (exact) mass is 292 g/mol. The van der Waals surface area contributed by atoms with E-state index in [4.69, 9.17) is 4.74 Å². The van der Waals surface area contributed by atoms with E-state index >= 15 is 0 Å². The summed E-state index contributed by atoms with van der Waals surface area (Å²) in [4.78, 5) is 2.35. The molecule has 0 aliphatic rings. The first-order valence-corrected chi connectivity index (χ1v) is 8.16. The Morgan fingerprint density at radius 1 is 1.19 bits per heavy atom. The van der Waals surface area contributed by atoms with Crippen LogP contribution in [-0.4, -0.2) is 37.7 Å². The predicted octanol–water partition coefficient (Wildman–Crippen LogP) is 3.54. The zero-order valence-electron chi connectivity index (χ0n) is 14.4. The van der Waals surface area contributed by atoms with Crippen LogP contribution in [0.3, 0.4) is 0 Å². The van der Waals surface area contributed by atoms with E-state index in [0.29, 0.717) is 12.0 Å². The minimum atomic E-state index is 0.608. The highest BCUT2D eigenvalue weighted by atomic mass is 16.5. The summed E-state index contributed by atoms with van der Waals surface area (Å²) in [5, 5.41) is 3.48. The summed E-state index contributed by atoms with van der Waals surface area (Å²) in [6.07, 6.45) is 1.17. The van der Waals surface area contributed by atoms with E-state index in [-0.39, 0.29) is 0 Å². The van der Waals surface area contributed by atoms with Crippen molar-refractivity contribution < 1.29 is 4.74 Å². The van der Waals surface area contributed by atoms with Gasteiger partial charge in [0.15, 0.2) is 0 Å². The molecule has 21 heavy (non-hydrogen) atoms. The van der Waals surface area contributed by atoms with Gasteiger partial charge < -0.3 is 15.0 Å². The number of hydrogen-bond acceptors (Lipinski definition) is 3. The van der Waals surface area contributed by atoms with Crippen LogP contribution in [0.15, 0.2) is 24.3 Å². The molecule has 1 rings (SSSR count). The summed E-state index contributed by atoms with van der Waals surface area (Å²) in [6, 6.07) is 8.93. The van der Waals surface area contributed by atoms with Gasteiger partial charge in [0, 0.05) is 24.7 Å². The van der Waals surface area contributed by atoms with Crippen LogP contribution in [0.1, 0.15) is 39.7 Å². The molecule has 1 N–H and O–H groups in total. The molecule has 0 aromatic heterocycles. The van der Waals surface area contributed by atoms with Crippen molar-refractivity contribution in [3.8, 4) is 5.75 Å². The molecule has 1 atom stereocenters. The second-order valence-corrected chi connectivity index (χ2v) is 6.22. The van der Waals surface area contributed by atoms with Gasteiger partial charge in [-0.1, -0.05) is 39.0 Å². The molecule has 3 heteroatoms. The van der Waals surface area contributed by atoms with Crippen LogP contribution in [-0.2, 0) is 6.54 Å². The summed E-state index contributed by atoms with van der Waals surface area (Å²) >= 11 is 0. The van der Waals surface area contributed by atoms with Crippen LogP contribution in [0.5, 0.6) is 5.75 Å². The zero-order chi connectivity index (χ0) is 15.7. The molecule has 0 saturated carbocycles. The molecule has 0 heterocycles. The van der Waals surface area contributed by atoms with E-state index in [2.05, 4.69) is 63.2 Å². The van der Waals surface area contributed by atoms with Crippen LogP contribution >= 0.6 is 0 Å². The summed E-state index contributed by atoms with van der Waals surface area (Å²) in [5.74, 6) is 1.67. The van der Waals surface area contributed by atoms with Crippen molar-refractivity contribution in [3.05, 3.63) is 29.8 Å². The third kappa shape index (κ3) is 6.96. The molecule has 1 aromatic carbocycles. The SMILES string of the molecule is CCC(C)N(C)CCOc1ccccc1CNCC(C)C. The lowest BCUT2D eigenvalue weighted by Gasteiger charge is -2.23. The molecule has 1 aromatic rings. The first kappa shape index (κ1) is 18.0. The minimum absolute atomic E-state index is 0.608. The number of hydrogen-bond donors (Lipinski definition) is 1. The summed E-state index contributed by atoms with van der Waals surface area (Å²) in [6.45, 7) is 12.5. The topological polar surface area (TPSA) is 24.5 Å². The predicted molar refractivity (Wildman–Crippen MR) is 90.9 cm³/mol. The molecular formula is C18H32N2O. The molecule has 0 aliphatic heterocycles. The Hall–Kier alpha value is -1.06. The Balaban J connectivity index is 2.43. The largest absolute Gasteiger partial charge is 0.492 e. The Morgan fingerprint density at radius 3 is 2.57 bits per heavy atom. The van der Waals surface area contributed by atoms with Crippen molar-refractivity contribution in [3.63, 3.8) is 0 Å². The van der Waals surface area contributed by atoms with Crippen LogP contribution < -0.4 is 10.1 Å². The lowest BCUT2D eigenvalue weighted by molar-refractivity contribution is 0.196. The molecule has 3 nitrogen and oxygen atoms in total. The number of para-hydroxylation sites is 1. The van der Waals surface area contributed by atoms with Gasteiger partial charge in [-0.2, -0.15) is 0 Å². The first-order valence-electron chi connectivity index (χ1n) is 8.16. The van der Waals surface area contributed by atoms with Gasteiger partial charge in [0.2, 0.25) is 0 Å². The highest BCUT2D eigenvalue weighted by Gasteiger charge is 2.07. The van der Waals surface area contributed by atoms with E-state index in [0.717, 1.165) is 32.0 Å². The summed E-state index contributed by atoms with van der Waals surface area (Å²) in [7, 11) is 2.16. The maximum atomic E-state index is 5.98. The van der Waals surface area contributed by atoms with Gasteiger partial charge in [-0.05, 0) is 38.9 Å². The fraction of sp³-hybridized carbons (Fsp3) is 0.667. The number of benzene rings is 1. The van der Waals surface area contributed by atoms with Crippen molar-refractivity contribution >= 4 is 0 Å². The van der Waals surface area contributed by atoms with E-state index in [1.807, 2.05) is 6.07 Å². The fourth-order valence-electron chi connectivity index (χ4n) is 2.12. The average molecular weight is 292 g/mol. The van der Waals surface area contributed by atoms with E-state index in [1.54, 1.807) is 0 Å². The first-order chi connectivity index (χ1) is 10.0. The smallest absolute Gasteiger partial charge is 0.123 e. The van der Waals surface area contributed by atoms with E-state index < -0.39 is 0 Å². The highest BCUT2D eigenvalue weighted by molar-refractivity contribution is 5.33. The molecule has 0 bridgehead atoms. The van der Waals surface area contributed by atoms with Crippen molar-refractivity contribution in [1.82, 2.24) is 10.2 Å². The minimum Gasteiger partial charge on any atom is -0.492 e. The average Bonchev–Trinajstić information content (AvgIpc) is 2.47. The zero-order valence-corrected chi connectivity index (χ0v) is 14.4. The van der Waals surface area contributed by atoms with Crippen molar-refractivity contribution in [2.75, 3.05) is 26.7 Å². The third-order valence-electron chi connectivity index (χ3n) is 3.89. The van der Waals surface area contributed by atoms with Gasteiger partial charge in [-0.25, -0.2) is 0 Å². The van der Waals surface area contributed by atoms with Crippen molar-refractivity contribution in [1.29, 1.82) is 0 Å². The second-order valence-electron chi connectivity index (χ2n) is 6.22. The van der Waals surface area contributed by atoms with Gasteiger partial charge in [0.1, 0.15) is 12.4 Å². The number of likely N-dealkylation sites (N-methyl/N-ethyl adjacent to an activating group) is 1. The lowest BCUT2D eigenvalue weighted by atomic mass is 10.2. The van der Waals surface area contributed by atoms with Crippen LogP contribution in [0.25, 0.3) is 0 Å². The van der Waals surface area contributed by atoms with Crippen molar-refractivity contribution in [2.45, 2.75) is 46.7 Å². The number of nitrogens with one attached hydrogen (secondary N) is 1. The quantitative estimate of drug-likeness (QED) is 0.714. The molecule has 0 spiro atoms. The number of rotatable bonds is 10. The lowest BCUT2D eigenvalue weighted by Crippen LogP contribution is -2.32. The van der Waals surface area contributed by atoms with Crippen LogP contribution in [0, 0.1) is 5.92 Å². The standard InChI is InChI=1S/C18H32N2O/c1-6-16(4)20(5)11-12-21-18-10-8-7-9-17(18)14-19-13-15(2)3/h7-10,15-16,19H,6,11-14H2,1-5H3. The highest BCUT2D eigenvalue weighted by Crippen LogP contribution is 2.17. The van der Waals surface area contributed by atoms with Gasteiger partial charge in [0.05, 0.1) is 0 Å². The van der Waals surface area contributed by atoms with Gasteiger partial charge in [0.25, 0.3) is 0 Å². The molecule has 0 amide bonds. The number of ether oxygens (including phenoxy) is 1. The maximum absolute atomic E-state index is 5.98. The third-order valence-corrected chi connectivity index (χ3v) is 3.89. The molecule has 0 saturated heterocycles. The fourth-order valence-corrected chi connectivity index (χ4v) is 2.12. The maximum Gasteiger partial charge on any atom is 0.123 e. The molecule has 120 valence electrons. The van der Waals surface area contributed by atoms with Crippen LogP contribution in [0.2, 0.25) is 0 Å². The summed E-state index contributed by atoms with van der Waals surface area (Å²) in [5.41, 5.74) is 1.24. The normalized spacial score (nSPS) is 12.9.